The van der Waals surface area contributed by atoms with Gasteiger partial charge in [0, 0.05) is 57.9 Å². The Kier molecular flexibility index (Phi) is 6.49. The van der Waals surface area contributed by atoms with Crippen molar-refractivity contribution in [1.29, 1.82) is 0 Å². The monoisotopic (exact) mass is 513 g/mol. The number of pyridine rings is 1. The van der Waals surface area contributed by atoms with Crippen molar-refractivity contribution in [3.05, 3.63) is 86.5 Å². The number of fused-ring (bicyclic) bond motifs is 1. The van der Waals surface area contributed by atoms with Crippen molar-refractivity contribution in [2.75, 3.05) is 23.3 Å². The van der Waals surface area contributed by atoms with Gasteiger partial charge in [-0.2, -0.15) is 0 Å². The van der Waals surface area contributed by atoms with E-state index in [4.69, 9.17) is 45.5 Å². The van der Waals surface area contributed by atoms with E-state index in [0.717, 1.165) is 42.0 Å². The first-order chi connectivity index (χ1) is 16.4. The topological polar surface area (TPSA) is 83.6 Å². The molecule has 2 aromatic carbocycles. The lowest BCUT2D eigenvalue weighted by Gasteiger charge is -2.17. The average Bonchev–Trinajstić information content (AvgIpc) is 3.20. The molecule has 1 saturated heterocycles. The number of amides is 1. The summed E-state index contributed by atoms with van der Waals surface area (Å²) < 4.78 is 0. The Morgan fingerprint density at radius 2 is 1.85 bits per heavy atom. The van der Waals surface area contributed by atoms with E-state index < -0.39 is 6.04 Å². The maximum absolute atomic E-state index is 13.1. The van der Waals surface area contributed by atoms with E-state index in [1.807, 2.05) is 18.2 Å². The van der Waals surface area contributed by atoms with Crippen molar-refractivity contribution in [2.24, 2.45) is 10.7 Å². The Bertz CT molecular complexity index is 1280. The Morgan fingerprint density at radius 1 is 1.06 bits per heavy atom. The first kappa shape index (κ1) is 23.1. The van der Waals surface area contributed by atoms with Crippen LogP contribution in [0.3, 0.4) is 0 Å². The number of anilines is 2. The fourth-order valence-corrected chi connectivity index (χ4v) is 4.95. The van der Waals surface area contributed by atoms with E-state index in [9.17, 15) is 4.79 Å². The summed E-state index contributed by atoms with van der Waals surface area (Å²) in [5.74, 6) is 0.649. The summed E-state index contributed by atoms with van der Waals surface area (Å²) in [6.07, 6.45) is 3.06. The predicted octanol–water partition coefficient (Wildman–Crippen LogP) is 4.98. The number of nitrogens with zero attached hydrogens (tertiary/aromatic N) is 3. The summed E-state index contributed by atoms with van der Waals surface area (Å²) in [6.45, 7) is 1.67. The van der Waals surface area contributed by atoms with Crippen LogP contribution < -0.4 is 16.0 Å². The molecule has 34 heavy (non-hydrogen) atoms. The molecule has 6 nitrogen and oxygen atoms in total. The molecule has 0 bridgehead atoms. The molecule has 1 fully saturated rings. The average molecular weight is 515 g/mol. The van der Waals surface area contributed by atoms with Crippen molar-refractivity contribution in [2.45, 2.75) is 24.9 Å². The minimum Gasteiger partial charge on any atom is -0.355 e. The number of nitrogens with two attached hydrogens (primary N) is 1. The summed E-state index contributed by atoms with van der Waals surface area (Å²) in [5.41, 5.74) is 9.65. The zero-order valence-electron chi connectivity index (χ0n) is 18.1. The number of aliphatic imine (C=N–C) groups is 1. The van der Waals surface area contributed by atoms with Crippen LogP contribution in [0.1, 0.15) is 23.1 Å². The molecule has 0 spiro atoms. The fraction of sp³-hybridized carbons (Fsp3) is 0.240. The highest BCUT2D eigenvalue weighted by molar-refractivity contribution is 6.35. The number of hydrogen-bond acceptors (Lipinski definition) is 5. The second-order valence-corrected chi connectivity index (χ2v) is 9.79. The molecule has 2 atom stereocenters. The molecule has 3 heterocycles. The molecule has 1 amide bonds. The molecule has 9 heteroatoms. The number of nitrogens with one attached hydrogen (secondary N) is 1. The molecule has 0 radical (unpaired) electrons. The van der Waals surface area contributed by atoms with Crippen molar-refractivity contribution in [1.82, 2.24) is 4.98 Å². The Labute approximate surface area is 212 Å². The van der Waals surface area contributed by atoms with E-state index in [2.05, 4.69) is 15.2 Å². The van der Waals surface area contributed by atoms with Crippen LogP contribution in [0.4, 0.5) is 11.5 Å². The van der Waals surface area contributed by atoms with Crippen LogP contribution in [0.25, 0.3) is 0 Å². The van der Waals surface area contributed by atoms with Gasteiger partial charge >= 0.3 is 0 Å². The molecule has 2 aliphatic heterocycles. The van der Waals surface area contributed by atoms with E-state index in [1.165, 1.54) is 0 Å². The SMILES string of the molecule is NC1CCN(c2ccc(C3=NC(Cc4ccc(Cl)cc4Cl)C(=O)Nc4ccc(Cl)cc43)cn2)C1. The second kappa shape index (κ2) is 9.55. The van der Waals surface area contributed by atoms with Crippen LogP contribution in [0.5, 0.6) is 0 Å². The van der Waals surface area contributed by atoms with Crippen LogP contribution in [0, 0.1) is 0 Å². The highest BCUT2D eigenvalue weighted by Crippen LogP contribution is 2.30. The summed E-state index contributed by atoms with van der Waals surface area (Å²) in [4.78, 5) is 24.8. The first-order valence-corrected chi connectivity index (χ1v) is 12.1. The Morgan fingerprint density at radius 3 is 2.56 bits per heavy atom. The van der Waals surface area contributed by atoms with E-state index in [0.29, 0.717) is 32.9 Å². The lowest BCUT2D eigenvalue weighted by Crippen LogP contribution is -2.27. The molecule has 2 aliphatic rings. The Balaban J connectivity index is 1.54. The van der Waals surface area contributed by atoms with E-state index in [1.54, 1.807) is 36.5 Å². The molecule has 0 saturated carbocycles. The number of carbonyl (C=O) groups is 1. The summed E-state index contributed by atoms with van der Waals surface area (Å²) in [5, 5.41) is 4.57. The van der Waals surface area contributed by atoms with Gasteiger partial charge in [-0.05, 0) is 54.4 Å². The van der Waals surface area contributed by atoms with Crippen molar-refractivity contribution in [3.8, 4) is 0 Å². The van der Waals surface area contributed by atoms with Gasteiger partial charge in [0.05, 0.1) is 11.4 Å². The lowest BCUT2D eigenvalue weighted by molar-refractivity contribution is -0.117. The zero-order valence-corrected chi connectivity index (χ0v) is 20.4. The zero-order chi connectivity index (χ0) is 23.8. The van der Waals surface area contributed by atoms with Crippen LogP contribution in [-0.2, 0) is 11.2 Å². The molecule has 0 aliphatic carbocycles. The molecule has 5 rings (SSSR count). The fourth-order valence-electron chi connectivity index (χ4n) is 4.29. The highest BCUT2D eigenvalue weighted by atomic mass is 35.5. The normalized spacial score (nSPS) is 19.9. The number of benzodiazepines with no additional fused rings is 1. The van der Waals surface area contributed by atoms with Gasteiger partial charge in [0.1, 0.15) is 11.9 Å². The molecule has 2 unspecified atom stereocenters. The number of hydrogen-bond donors (Lipinski definition) is 2. The third-order valence-electron chi connectivity index (χ3n) is 6.08. The van der Waals surface area contributed by atoms with E-state index >= 15 is 0 Å². The van der Waals surface area contributed by atoms with Crippen LogP contribution in [0.15, 0.2) is 59.7 Å². The van der Waals surface area contributed by atoms with Gasteiger partial charge in [0.2, 0.25) is 5.91 Å². The molecule has 3 N–H and O–H groups in total. The maximum atomic E-state index is 13.1. The van der Waals surface area contributed by atoms with Crippen LogP contribution >= 0.6 is 34.8 Å². The van der Waals surface area contributed by atoms with Gasteiger partial charge < -0.3 is 16.0 Å². The number of rotatable bonds is 4. The number of halogens is 3. The van der Waals surface area contributed by atoms with Gasteiger partial charge in [0.25, 0.3) is 0 Å². The van der Waals surface area contributed by atoms with Crippen LogP contribution in [0.2, 0.25) is 15.1 Å². The molecule has 1 aromatic heterocycles. The van der Waals surface area contributed by atoms with Crippen molar-refractivity contribution >= 4 is 57.9 Å². The number of carbonyl (C=O) groups excluding carboxylic acids is 1. The molecular weight excluding hydrogens is 493 g/mol. The number of benzene rings is 2. The highest BCUT2D eigenvalue weighted by Gasteiger charge is 2.27. The minimum atomic E-state index is -0.698. The van der Waals surface area contributed by atoms with Gasteiger partial charge in [-0.1, -0.05) is 40.9 Å². The lowest BCUT2D eigenvalue weighted by atomic mass is 10.0. The van der Waals surface area contributed by atoms with Crippen molar-refractivity contribution < 1.29 is 4.79 Å². The predicted molar refractivity (Wildman–Crippen MR) is 139 cm³/mol. The minimum absolute atomic E-state index is 0.166. The quantitative estimate of drug-likeness (QED) is 0.514. The third kappa shape index (κ3) is 4.77. The maximum Gasteiger partial charge on any atom is 0.249 e. The third-order valence-corrected chi connectivity index (χ3v) is 6.90. The van der Waals surface area contributed by atoms with Gasteiger partial charge in [-0.3, -0.25) is 9.79 Å². The number of aromatic nitrogens is 1. The summed E-state index contributed by atoms with van der Waals surface area (Å²) in [6, 6.07) is 14.0. The summed E-state index contributed by atoms with van der Waals surface area (Å²) >= 11 is 18.7. The first-order valence-electron chi connectivity index (χ1n) is 11.0. The van der Waals surface area contributed by atoms with Crippen molar-refractivity contribution in [3.63, 3.8) is 0 Å². The van der Waals surface area contributed by atoms with E-state index in [-0.39, 0.29) is 11.9 Å². The Hall–Kier alpha value is -2.64. The standard InChI is InChI=1S/C25H22Cl3N5O/c26-16-4-5-21-19(10-16)24(15-2-6-23(30-12-15)33-8-7-18(29)13-33)31-22(25(34)32-21)9-14-1-3-17(27)11-20(14)28/h1-6,10-12,18,22H,7-9,13,29H2,(H,32,34). The smallest absolute Gasteiger partial charge is 0.249 e. The van der Waals surface area contributed by atoms with Gasteiger partial charge in [-0.25, -0.2) is 4.98 Å². The van der Waals surface area contributed by atoms with Crippen LogP contribution in [-0.4, -0.2) is 41.8 Å². The molecule has 3 aromatic rings. The largest absolute Gasteiger partial charge is 0.355 e. The van der Waals surface area contributed by atoms with Gasteiger partial charge in [-0.15, -0.1) is 0 Å². The molecule has 174 valence electrons. The van der Waals surface area contributed by atoms with Gasteiger partial charge in [0.15, 0.2) is 0 Å². The second-order valence-electron chi connectivity index (χ2n) is 8.51. The summed E-state index contributed by atoms with van der Waals surface area (Å²) in [7, 11) is 0. The molecular formula is C25H22Cl3N5O.